The summed E-state index contributed by atoms with van der Waals surface area (Å²) < 4.78 is 7.37. The highest BCUT2D eigenvalue weighted by molar-refractivity contribution is 5.69. The molecule has 3 aromatic heterocycles. The highest BCUT2D eigenvalue weighted by Crippen LogP contribution is 2.26. The molecular weight excluding hydrogens is 276 g/mol. The number of rotatable bonds is 3. The van der Waals surface area contributed by atoms with Gasteiger partial charge >= 0.3 is 0 Å². The van der Waals surface area contributed by atoms with Crippen LogP contribution in [0.25, 0.3) is 28.0 Å². The van der Waals surface area contributed by atoms with E-state index in [-0.39, 0.29) is 0 Å². The molecule has 5 heteroatoms. The minimum absolute atomic E-state index is 0.846. The summed E-state index contributed by atoms with van der Waals surface area (Å²) in [5.41, 5.74) is 5.13. The van der Waals surface area contributed by atoms with Crippen LogP contribution in [0.5, 0.6) is 5.75 Å². The standard InChI is InChI=1S/C17H14N4O/c1-22-15-4-2-3-12(7-15)13-5-6-17-18-10-16(21(17)11-13)14-8-19-20-9-14/h2-11H,1H3,(H,19,20). The van der Waals surface area contributed by atoms with Gasteiger partial charge in [-0.25, -0.2) is 4.98 Å². The van der Waals surface area contributed by atoms with E-state index < -0.39 is 0 Å². The molecular formula is C17H14N4O. The van der Waals surface area contributed by atoms with Gasteiger partial charge in [0.05, 0.1) is 25.2 Å². The molecule has 22 heavy (non-hydrogen) atoms. The van der Waals surface area contributed by atoms with Crippen molar-refractivity contribution in [3.63, 3.8) is 0 Å². The largest absolute Gasteiger partial charge is 0.497 e. The Morgan fingerprint density at radius 2 is 2.00 bits per heavy atom. The molecule has 0 atom stereocenters. The third-order valence-electron chi connectivity index (χ3n) is 3.70. The second kappa shape index (κ2) is 5.04. The maximum atomic E-state index is 5.30. The zero-order valence-corrected chi connectivity index (χ0v) is 12.0. The summed E-state index contributed by atoms with van der Waals surface area (Å²) in [5.74, 6) is 0.846. The van der Waals surface area contributed by atoms with Crippen LogP contribution in [0.15, 0.2) is 61.2 Å². The smallest absolute Gasteiger partial charge is 0.137 e. The van der Waals surface area contributed by atoms with E-state index in [0.717, 1.165) is 33.8 Å². The van der Waals surface area contributed by atoms with E-state index in [4.69, 9.17) is 4.74 Å². The van der Waals surface area contributed by atoms with Crippen LogP contribution in [0.2, 0.25) is 0 Å². The van der Waals surface area contributed by atoms with E-state index in [1.165, 1.54) is 0 Å². The van der Waals surface area contributed by atoms with Gasteiger partial charge in [0.25, 0.3) is 0 Å². The first-order valence-corrected chi connectivity index (χ1v) is 6.96. The molecule has 0 saturated carbocycles. The maximum Gasteiger partial charge on any atom is 0.137 e. The molecule has 0 fully saturated rings. The van der Waals surface area contributed by atoms with Crippen LogP contribution < -0.4 is 4.74 Å². The third-order valence-corrected chi connectivity index (χ3v) is 3.70. The average molecular weight is 290 g/mol. The molecule has 0 unspecified atom stereocenters. The highest BCUT2D eigenvalue weighted by atomic mass is 16.5. The van der Waals surface area contributed by atoms with Crippen LogP contribution in [0, 0.1) is 0 Å². The van der Waals surface area contributed by atoms with Crippen molar-refractivity contribution in [1.29, 1.82) is 0 Å². The average Bonchev–Trinajstić information content (AvgIpc) is 3.23. The van der Waals surface area contributed by atoms with Crippen LogP contribution in [0.1, 0.15) is 0 Å². The number of hydrogen-bond acceptors (Lipinski definition) is 3. The molecule has 4 rings (SSSR count). The van der Waals surface area contributed by atoms with Gasteiger partial charge in [-0.15, -0.1) is 0 Å². The Bertz CT molecular complexity index is 925. The fourth-order valence-electron chi connectivity index (χ4n) is 2.56. The Hall–Kier alpha value is -3.08. The first-order valence-electron chi connectivity index (χ1n) is 6.96. The van der Waals surface area contributed by atoms with Crippen LogP contribution in [-0.4, -0.2) is 26.7 Å². The predicted octanol–water partition coefficient (Wildman–Crippen LogP) is 3.40. The van der Waals surface area contributed by atoms with Crippen molar-refractivity contribution in [2.24, 2.45) is 0 Å². The third kappa shape index (κ3) is 2.03. The Balaban J connectivity index is 1.87. The lowest BCUT2D eigenvalue weighted by atomic mass is 10.1. The Morgan fingerprint density at radius 1 is 1.05 bits per heavy atom. The van der Waals surface area contributed by atoms with E-state index in [0.29, 0.717) is 0 Å². The summed E-state index contributed by atoms with van der Waals surface area (Å²) in [6.45, 7) is 0. The number of ether oxygens (including phenoxy) is 1. The molecule has 1 N–H and O–H groups in total. The molecule has 0 bridgehead atoms. The monoisotopic (exact) mass is 290 g/mol. The van der Waals surface area contributed by atoms with Crippen molar-refractivity contribution in [1.82, 2.24) is 19.6 Å². The fraction of sp³-hybridized carbons (Fsp3) is 0.0588. The van der Waals surface area contributed by atoms with Gasteiger partial charge in [-0.2, -0.15) is 5.10 Å². The maximum absolute atomic E-state index is 5.30. The second-order valence-corrected chi connectivity index (χ2v) is 5.01. The predicted molar refractivity (Wildman–Crippen MR) is 84.8 cm³/mol. The Morgan fingerprint density at radius 3 is 2.82 bits per heavy atom. The Kier molecular flexibility index (Phi) is 2.89. The minimum Gasteiger partial charge on any atom is -0.497 e. The van der Waals surface area contributed by atoms with Crippen LogP contribution in [0.4, 0.5) is 0 Å². The number of hydrogen-bond donors (Lipinski definition) is 1. The number of benzene rings is 1. The quantitative estimate of drug-likeness (QED) is 0.629. The molecule has 5 nitrogen and oxygen atoms in total. The SMILES string of the molecule is COc1cccc(-c2ccc3ncc(-c4cn[nH]c4)n3c2)c1. The molecule has 0 aliphatic carbocycles. The van der Waals surface area contributed by atoms with Crippen LogP contribution >= 0.6 is 0 Å². The lowest BCUT2D eigenvalue weighted by Gasteiger charge is -2.06. The normalized spacial score (nSPS) is 11.0. The van der Waals surface area contributed by atoms with Crippen LogP contribution in [0.3, 0.4) is 0 Å². The first-order chi connectivity index (χ1) is 10.8. The minimum atomic E-state index is 0.846. The zero-order chi connectivity index (χ0) is 14.9. The molecule has 0 spiro atoms. The molecule has 0 aliphatic rings. The van der Waals surface area contributed by atoms with Crippen molar-refractivity contribution in [3.8, 4) is 28.1 Å². The molecule has 0 amide bonds. The number of nitrogens with zero attached hydrogens (tertiary/aromatic N) is 3. The lowest BCUT2D eigenvalue weighted by molar-refractivity contribution is 0.415. The lowest BCUT2D eigenvalue weighted by Crippen LogP contribution is -1.90. The number of pyridine rings is 1. The van der Waals surface area contributed by atoms with Gasteiger partial charge < -0.3 is 4.74 Å². The highest BCUT2D eigenvalue weighted by Gasteiger charge is 2.08. The molecule has 0 saturated heterocycles. The number of aromatic nitrogens is 4. The summed E-state index contributed by atoms with van der Waals surface area (Å²) in [5, 5.41) is 6.84. The number of fused-ring (bicyclic) bond motifs is 1. The number of methoxy groups -OCH3 is 1. The van der Waals surface area contributed by atoms with Gasteiger partial charge in [0.15, 0.2) is 0 Å². The zero-order valence-electron chi connectivity index (χ0n) is 12.0. The van der Waals surface area contributed by atoms with Gasteiger partial charge in [-0.3, -0.25) is 9.50 Å². The summed E-state index contributed by atoms with van der Waals surface area (Å²) >= 11 is 0. The van der Waals surface area contributed by atoms with Crippen molar-refractivity contribution >= 4 is 5.65 Å². The van der Waals surface area contributed by atoms with Crippen molar-refractivity contribution in [3.05, 3.63) is 61.2 Å². The fourth-order valence-corrected chi connectivity index (χ4v) is 2.56. The van der Waals surface area contributed by atoms with Gasteiger partial charge in [-0.05, 0) is 35.4 Å². The van der Waals surface area contributed by atoms with E-state index in [1.807, 2.05) is 36.7 Å². The van der Waals surface area contributed by atoms with Gasteiger partial charge in [0.1, 0.15) is 11.4 Å². The van der Waals surface area contributed by atoms with Gasteiger partial charge in [0.2, 0.25) is 0 Å². The number of H-pyrrole nitrogens is 1. The number of imidazole rings is 1. The molecule has 4 aromatic rings. The molecule has 3 heterocycles. The summed E-state index contributed by atoms with van der Waals surface area (Å²) in [4.78, 5) is 4.44. The summed E-state index contributed by atoms with van der Waals surface area (Å²) in [7, 11) is 1.68. The molecule has 0 aliphatic heterocycles. The van der Waals surface area contributed by atoms with E-state index in [2.05, 4.69) is 37.9 Å². The summed E-state index contributed by atoms with van der Waals surface area (Å²) in [6, 6.07) is 12.1. The van der Waals surface area contributed by atoms with Gasteiger partial charge in [0, 0.05) is 18.0 Å². The first kappa shape index (κ1) is 12.6. The van der Waals surface area contributed by atoms with Crippen molar-refractivity contribution in [2.75, 3.05) is 7.11 Å². The van der Waals surface area contributed by atoms with Crippen molar-refractivity contribution < 1.29 is 4.74 Å². The van der Waals surface area contributed by atoms with E-state index >= 15 is 0 Å². The Labute approximate surface area is 127 Å². The molecule has 0 radical (unpaired) electrons. The number of aromatic amines is 1. The number of nitrogens with one attached hydrogen (secondary N) is 1. The molecule has 1 aromatic carbocycles. The van der Waals surface area contributed by atoms with E-state index in [9.17, 15) is 0 Å². The topological polar surface area (TPSA) is 55.2 Å². The van der Waals surface area contributed by atoms with Gasteiger partial charge in [-0.1, -0.05) is 12.1 Å². The van der Waals surface area contributed by atoms with Crippen LogP contribution in [-0.2, 0) is 0 Å². The van der Waals surface area contributed by atoms with Crippen molar-refractivity contribution in [2.45, 2.75) is 0 Å². The second-order valence-electron chi connectivity index (χ2n) is 5.01. The summed E-state index contributed by atoms with van der Waals surface area (Å²) in [6.07, 6.45) is 7.60. The van der Waals surface area contributed by atoms with E-state index in [1.54, 1.807) is 13.3 Å². The molecule has 108 valence electrons.